The average molecular weight is 344 g/mol. The van der Waals surface area contributed by atoms with Gasteiger partial charge in [0.2, 0.25) is 0 Å². The molecule has 7 nitrogen and oxygen atoms in total. The molecule has 1 fully saturated rings. The lowest BCUT2D eigenvalue weighted by Gasteiger charge is -2.27. The van der Waals surface area contributed by atoms with Crippen LogP contribution < -0.4 is 10.9 Å². The van der Waals surface area contributed by atoms with Crippen LogP contribution in [-0.4, -0.2) is 59.1 Å². The second-order valence-corrected chi connectivity index (χ2v) is 6.53. The van der Waals surface area contributed by atoms with Gasteiger partial charge in [-0.3, -0.25) is 18.9 Å². The van der Waals surface area contributed by atoms with Crippen LogP contribution in [0.2, 0.25) is 0 Å². The topological polar surface area (TPSA) is 75.9 Å². The van der Waals surface area contributed by atoms with Crippen LogP contribution in [0.3, 0.4) is 0 Å². The average Bonchev–Trinajstić information content (AvgIpc) is 2.61. The summed E-state index contributed by atoms with van der Waals surface area (Å²) < 4.78 is 6.75. The van der Waals surface area contributed by atoms with Gasteiger partial charge < -0.3 is 10.1 Å². The molecule has 1 aliphatic heterocycles. The lowest BCUT2D eigenvalue weighted by Crippen LogP contribution is -2.41. The normalized spacial score (nSPS) is 16.7. The van der Waals surface area contributed by atoms with Gasteiger partial charge in [-0.05, 0) is 31.9 Å². The molecule has 0 unspecified atom stereocenters. The molecule has 0 bridgehead atoms. The van der Waals surface area contributed by atoms with Gasteiger partial charge >= 0.3 is 0 Å². The minimum atomic E-state index is -0.372. The van der Waals surface area contributed by atoms with Gasteiger partial charge in [-0.15, -0.1) is 0 Å². The Bertz CT molecular complexity index is 812. The molecule has 1 saturated heterocycles. The van der Waals surface area contributed by atoms with E-state index in [0.717, 1.165) is 44.8 Å². The van der Waals surface area contributed by atoms with Gasteiger partial charge in [0, 0.05) is 38.1 Å². The van der Waals surface area contributed by atoms with E-state index in [2.05, 4.69) is 15.2 Å². The van der Waals surface area contributed by atoms with Crippen molar-refractivity contribution in [3.8, 4) is 0 Å². The number of rotatable bonds is 5. The van der Waals surface area contributed by atoms with Crippen molar-refractivity contribution < 1.29 is 9.53 Å². The number of aryl methyl sites for hydroxylation is 1. The monoisotopic (exact) mass is 344 g/mol. The first-order valence-electron chi connectivity index (χ1n) is 8.63. The van der Waals surface area contributed by atoms with Gasteiger partial charge in [0.05, 0.1) is 13.2 Å². The van der Waals surface area contributed by atoms with E-state index in [0.29, 0.717) is 5.65 Å². The van der Waals surface area contributed by atoms with Crippen molar-refractivity contribution in [1.82, 2.24) is 19.6 Å². The zero-order valence-electron chi connectivity index (χ0n) is 14.7. The predicted molar refractivity (Wildman–Crippen MR) is 95.0 cm³/mol. The van der Waals surface area contributed by atoms with E-state index >= 15 is 0 Å². The molecule has 1 atom stereocenters. The second-order valence-electron chi connectivity index (χ2n) is 6.53. The van der Waals surface area contributed by atoms with Crippen molar-refractivity contribution in [1.29, 1.82) is 0 Å². The Kier molecular flexibility index (Phi) is 5.45. The first kappa shape index (κ1) is 17.6. The molecular formula is C18H24N4O3. The van der Waals surface area contributed by atoms with Crippen molar-refractivity contribution in [3.05, 3.63) is 46.0 Å². The lowest BCUT2D eigenvalue weighted by molar-refractivity contribution is 0.0363. The van der Waals surface area contributed by atoms with Gasteiger partial charge in [-0.2, -0.15) is 0 Å². The van der Waals surface area contributed by atoms with Crippen LogP contribution in [0.15, 0.2) is 29.3 Å². The Morgan fingerprint density at radius 2 is 2.12 bits per heavy atom. The molecule has 7 heteroatoms. The number of nitrogens with zero attached hydrogens (tertiary/aromatic N) is 3. The molecule has 1 aliphatic rings. The highest BCUT2D eigenvalue weighted by Crippen LogP contribution is 2.04. The number of aromatic nitrogens is 2. The van der Waals surface area contributed by atoms with E-state index in [1.807, 2.05) is 19.9 Å². The number of ether oxygens (including phenoxy) is 1. The Labute approximate surface area is 146 Å². The van der Waals surface area contributed by atoms with Crippen molar-refractivity contribution in [2.75, 3.05) is 32.8 Å². The van der Waals surface area contributed by atoms with E-state index in [9.17, 15) is 9.59 Å². The summed E-state index contributed by atoms with van der Waals surface area (Å²) in [5.74, 6) is -0.372. The molecule has 2 aromatic heterocycles. The van der Waals surface area contributed by atoms with Crippen LogP contribution in [0.1, 0.15) is 29.3 Å². The summed E-state index contributed by atoms with van der Waals surface area (Å²) in [6.45, 7) is 8.13. The number of amides is 1. The van der Waals surface area contributed by atoms with Gasteiger partial charge in [0.1, 0.15) is 11.2 Å². The van der Waals surface area contributed by atoms with Gasteiger partial charge in [0.25, 0.3) is 11.5 Å². The predicted octanol–water partition coefficient (Wildman–Crippen LogP) is 0.844. The molecule has 3 rings (SSSR count). The summed E-state index contributed by atoms with van der Waals surface area (Å²) in [6, 6.07) is 3.63. The van der Waals surface area contributed by atoms with Gasteiger partial charge in [0.15, 0.2) is 0 Å². The SMILES string of the molecule is Cc1ccc2ncc(C(=O)N[C@@H](C)CCN3CCOCC3)c(=O)n2c1. The fourth-order valence-corrected chi connectivity index (χ4v) is 2.91. The first-order valence-corrected chi connectivity index (χ1v) is 8.63. The minimum absolute atomic E-state index is 0.0204. The number of pyridine rings is 1. The minimum Gasteiger partial charge on any atom is -0.379 e. The molecule has 0 radical (unpaired) electrons. The second kappa shape index (κ2) is 7.76. The number of hydrogen-bond acceptors (Lipinski definition) is 5. The van der Waals surface area contributed by atoms with Gasteiger partial charge in [-0.1, -0.05) is 6.07 Å². The van der Waals surface area contributed by atoms with Crippen molar-refractivity contribution in [3.63, 3.8) is 0 Å². The number of morpholine rings is 1. The summed E-state index contributed by atoms with van der Waals surface area (Å²) in [5, 5.41) is 2.91. The van der Waals surface area contributed by atoms with Crippen molar-refractivity contribution in [2.45, 2.75) is 26.3 Å². The summed E-state index contributed by atoms with van der Waals surface area (Å²) >= 11 is 0. The van der Waals surface area contributed by atoms with Gasteiger partial charge in [-0.25, -0.2) is 4.98 Å². The first-order chi connectivity index (χ1) is 12.0. The zero-order chi connectivity index (χ0) is 17.8. The van der Waals surface area contributed by atoms with E-state index in [1.54, 1.807) is 12.3 Å². The maximum atomic E-state index is 12.5. The maximum absolute atomic E-state index is 12.5. The maximum Gasteiger partial charge on any atom is 0.270 e. The van der Waals surface area contributed by atoms with Crippen LogP contribution in [0.4, 0.5) is 0 Å². The van der Waals surface area contributed by atoms with Crippen LogP contribution in [0.25, 0.3) is 5.65 Å². The van der Waals surface area contributed by atoms with Crippen molar-refractivity contribution in [2.24, 2.45) is 0 Å². The van der Waals surface area contributed by atoms with Crippen LogP contribution in [0, 0.1) is 6.92 Å². The third-order valence-electron chi connectivity index (χ3n) is 4.45. The standard InChI is InChI=1S/C18H24N4O3/c1-13-3-4-16-19-11-15(18(24)22(16)12-13)17(23)20-14(2)5-6-21-7-9-25-10-8-21/h3-4,11-12,14H,5-10H2,1-2H3,(H,20,23)/t14-/m0/s1. The Hall–Kier alpha value is -2.25. The molecule has 0 saturated carbocycles. The molecule has 0 spiro atoms. The summed E-state index contributed by atoms with van der Waals surface area (Å²) in [5.41, 5.74) is 1.20. The Morgan fingerprint density at radius 3 is 2.88 bits per heavy atom. The van der Waals surface area contributed by atoms with E-state index in [-0.39, 0.29) is 23.1 Å². The van der Waals surface area contributed by atoms with E-state index in [4.69, 9.17) is 4.74 Å². The summed E-state index contributed by atoms with van der Waals surface area (Å²) in [6.07, 6.45) is 3.88. The van der Waals surface area contributed by atoms with Crippen molar-refractivity contribution >= 4 is 11.6 Å². The molecular weight excluding hydrogens is 320 g/mol. The highest BCUT2D eigenvalue weighted by Gasteiger charge is 2.17. The number of fused-ring (bicyclic) bond motifs is 1. The quantitative estimate of drug-likeness (QED) is 0.870. The molecule has 0 aromatic carbocycles. The third-order valence-corrected chi connectivity index (χ3v) is 4.45. The van der Waals surface area contributed by atoms with Crippen LogP contribution in [0.5, 0.6) is 0 Å². The summed E-state index contributed by atoms with van der Waals surface area (Å²) in [4.78, 5) is 31.5. The third kappa shape index (κ3) is 4.24. The zero-order valence-corrected chi connectivity index (χ0v) is 14.7. The fraction of sp³-hybridized carbons (Fsp3) is 0.500. The Morgan fingerprint density at radius 1 is 1.36 bits per heavy atom. The number of carbonyl (C=O) groups excluding carboxylic acids is 1. The molecule has 134 valence electrons. The van der Waals surface area contributed by atoms with E-state index < -0.39 is 0 Å². The molecule has 2 aromatic rings. The number of hydrogen-bond donors (Lipinski definition) is 1. The lowest BCUT2D eigenvalue weighted by atomic mass is 10.2. The molecule has 1 amide bonds. The smallest absolute Gasteiger partial charge is 0.270 e. The molecule has 25 heavy (non-hydrogen) atoms. The summed E-state index contributed by atoms with van der Waals surface area (Å²) in [7, 11) is 0. The highest BCUT2D eigenvalue weighted by atomic mass is 16.5. The molecule has 0 aliphatic carbocycles. The molecule has 3 heterocycles. The number of nitrogens with one attached hydrogen (secondary N) is 1. The highest BCUT2D eigenvalue weighted by molar-refractivity contribution is 5.93. The van der Waals surface area contributed by atoms with Crippen LogP contribution >= 0.6 is 0 Å². The Balaban J connectivity index is 1.65. The van der Waals surface area contributed by atoms with Crippen LogP contribution in [-0.2, 0) is 4.74 Å². The molecule has 1 N–H and O–H groups in total. The number of carbonyl (C=O) groups is 1. The largest absolute Gasteiger partial charge is 0.379 e. The van der Waals surface area contributed by atoms with E-state index in [1.165, 1.54) is 10.6 Å². The fourth-order valence-electron chi connectivity index (χ4n) is 2.91.